The molecule has 0 radical (unpaired) electrons. The van der Waals surface area contributed by atoms with Crippen LogP contribution >= 0.6 is 11.8 Å². The second kappa shape index (κ2) is 6.18. The van der Waals surface area contributed by atoms with E-state index in [0.717, 1.165) is 6.42 Å². The molecule has 5 nitrogen and oxygen atoms in total. The molecular weight excluding hydrogens is 256 g/mol. The molecule has 0 unspecified atom stereocenters. The van der Waals surface area contributed by atoms with Crippen molar-refractivity contribution < 1.29 is 25.2 Å². The van der Waals surface area contributed by atoms with Gasteiger partial charge >= 0.3 is 0 Å². The number of hydrogen-bond donors (Lipinski definition) is 4. The van der Waals surface area contributed by atoms with Crippen LogP contribution in [0.25, 0.3) is 0 Å². The fourth-order valence-corrected chi connectivity index (χ4v) is 3.16. The molecule has 0 aromatic carbocycles. The number of hydrogen-bond acceptors (Lipinski definition) is 6. The van der Waals surface area contributed by atoms with Crippen LogP contribution in [0.15, 0.2) is 23.8 Å². The largest absolute Gasteiger partial charge is 0.394 e. The van der Waals surface area contributed by atoms with Crippen LogP contribution < -0.4 is 0 Å². The van der Waals surface area contributed by atoms with Crippen molar-refractivity contribution in [3.63, 3.8) is 0 Å². The molecule has 0 aromatic rings. The molecule has 0 aromatic heterocycles. The number of allylic oxidation sites excluding steroid dienone is 3. The molecule has 1 heterocycles. The van der Waals surface area contributed by atoms with E-state index < -0.39 is 29.9 Å². The van der Waals surface area contributed by atoms with E-state index in [4.69, 9.17) is 9.84 Å². The Hall–Kier alpha value is -0.370. The van der Waals surface area contributed by atoms with Gasteiger partial charge < -0.3 is 25.2 Å². The third kappa shape index (κ3) is 2.96. The van der Waals surface area contributed by atoms with E-state index >= 15 is 0 Å². The number of aliphatic hydroxyl groups excluding tert-OH is 4. The standard InChI is InChI=1S/C12H18O5S/c13-5-8-9(14)10(15)11(16)12(17-8)18-6-7-3-1-2-4-7/h1-3,8-16H,4-6H2/t8-,9-,10+,11+,12-/m1/s1. The van der Waals surface area contributed by atoms with Crippen molar-refractivity contribution in [3.8, 4) is 0 Å². The van der Waals surface area contributed by atoms with Crippen molar-refractivity contribution in [2.24, 2.45) is 0 Å². The molecular formula is C12H18O5S. The smallest absolute Gasteiger partial charge is 0.132 e. The highest BCUT2D eigenvalue weighted by Gasteiger charge is 2.43. The maximum Gasteiger partial charge on any atom is 0.132 e. The first-order valence-corrected chi connectivity index (χ1v) is 6.95. The van der Waals surface area contributed by atoms with Crippen LogP contribution in [0, 0.1) is 0 Å². The first-order chi connectivity index (χ1) is 8.63. The number of thioether (sulfide) groups is 1. The summed E-state index contributed by atoms with van der Waals surface area (Å²) in [5, 5.41) is 38.1. The van der Waals surface area contributed by atoms with E-state index in [9.17, 15) is 15.3 Å². The molecule has 1 fully saturated rings. The topological polar surface area (TPSA) is 90.2 Å². The molecule has 1 aliphatic heterocycles. The van der Waals surface area contributed by atoms with E-state index in [1.165, 1.54) is 17.3 Å². The van der Waals surface area contributed by atoms with Gasteiger partial charge in [-0.3, -0.25) is 0 Å². The molecule has 0 saturated carbocycles. The maximum atomic E-state index is 9.82. The highest BCUT2D eigenvalue weighted by molar-refractivity contribution is 8.00. The van der Waals surface area contributed by atoms with Gasteiger partial charge in [0, 0.05) is 5.75 Å². The first-order valence-electron chi connectivity index (χ1n) is 5.90. The molecule has 5 atom stereocenters. The summed E-state index contributed by atoms with van der Waals surface area (Å²) in [7, 11) is 0. The van der Waals surface area contributed by atoms with Gasteiger partial charge in [-0.15, -0.1) is 11.8 Å². The number of rotatable bonds is 4. The normalized spacial score (nSPS) is 40.0. The van der Waals surface area contributed by atoms with E-state index in [2.05, 4.69) is 0 Å². The van der Waals surface area contributed by atoms with Crippen LogP contribution in [0.1, 0.15) is 6.42 Å². The van der Waals surface area contributed by atoms with Gasteiger partial charge in [0.05, 0.1) is 6.61 Å². The molecule has 1 saturated heterocycles. The Balaban J connectivity index is 1.90. The third-order valence-electron chi connectivity index (χ3n) is 3.13. The van der Waals surface area contributed by atoms with Crippen molar-refractivity contribution in [1.29, 1.82) is 0 Å². The zero-order valence-electron chi connectivity index (χ0n) is 9.85. The fourth-order valence-electron chi connectivity index (χ4n) is 1.99. The van der Waals surface area contributed by atoms with Gasteiger partial charge in [0.2, 0.25) is 0 Å². The Morgan fingerprint density at radius 3 is 2.61 bits per heavy atom. The first kappa shape index (κ1) is 14.0. The van der Waals surface area contributed by atoms with Crippen molar-refractivity contribution in [2.75, 3.05) is 12.4 Å². The van der Waals surface area contributed by atoms with Gasteiger partial charge in [-0.1, -0.05) is 23.8 Å². The molecule has 1 aliphatic carbocycles. The summed E-state index contributed by atoms with van der Waals surface area (Å²) in [6.07, 6.45) is 2.38. The van der Waals surface area contributed by atoms with Gasteiger partial charge in [-0.05, 0) is 6.42 Å². The minimum atomic E-state index is -1.29. The predicted molar refractivity (Wildman–Crippen MR) is 68.1 cm³/mol. The lowest BCUT2D eigenvalue weighted by atomic mass is 10.0. The van der Waals surface area contributed by atoms with Gasteiger partial charge in [0.15, 0.2) is 0 Å². The summed E-state index contributed by atoms with van der Waals surface area (Å²) in [6, 6.07) is 0. The lowest BCUT2D eigenvalue weighted by molar-refractivity contribution is -0.205. The maximum absolute atomic E-state index is 9.82. The highest BCUT2D eigenvalue weighted by Crippen LogP contribution is 2.30. The van der Waals surface area contributed by atoms with Crippen LogP contribution in [0.4, 0.5) is 0 Å². The zero-order chi connectivity index (χ0) is 13.1. The second-order valence-electron chi connectivity index (χ2n) is 4.47. The average Bonchev–Trinajstić information content (AvgIpc) is 2.88. The number of aliphatic hydroxyl groups is 4. The van der Waals surface area contributed by atoms with E-state index in [1.54, 1.807) is 0 Å². The van der Waals surface area contributed by atoms with Crippen LogP contribution in [0.2, 0.25) is 0 Å². The summed E-state index contributed by atoms with van der Waals surface area (Å²) >= 11 is 1.36. The predicted octanol–water partition coefficient (Wildman–Crippen LogP) is -0.594. The van der Waals surface area contributed by atoms with Gasteiger partial charge in [0.25, 0.3) is 0 Å². The van der Waals surface area contributed by atoms with Crippen molar-refractivity contribution >= 4 is 11.8 Å². The average molecular weight is 274 g/mol. The summed E-state index contributed by atoms with van der Waals surface area (Å²) in [6.45, 7) is -0.383. The van der Waals surface area contributed by atoms with Gasteiger partial charge in [0.1, 0.15) is 29.9 Å². The van der Waals surface area contributed by atoms with Crippen LogP contribution in [0.5, 0.6) is 0 Å². The zero-order valence-corrected chi connectivity index (χ0v) is 10.7. The monoisotopic (exact) mass is 274 g/mol. The molecule has 6 heteroatoms. The van der Waals surface area contributed by atoms with Crippen LogP contribution in [-0.2, 0) is 4.74 Å². The quantitative estimate of drug-likeness (QED) is 0.548. The molecule has 0 spiro atoms. The molecule has 2 rings (SSSR count). The van der Waals surface area contributed by atoms with Crippen molar-refractivity contribution in [2.45, 2.75) is 36.3 Å². The lowest BCUT2D eigenvalue weighted by Crippen LogP contribution is -2.57. The Morgan fingerprint density at radius 1 is 1.22 bits per heavy atom. The summed E-state index contributed by atoms with van der Waals surface area (Å²) in [5.41, 5.74) is 0.582. The Labute approximate surface area is 110 Å². The summed E-state index contributed by atoms with van der Waals surface area (Å²) in [4.78, 5) is 0. The molecule has 4 N–H and O–H groups in total. The van der Waals surface area contributed by atoms with Gasteiger partial charge in [-0.2, -0.15) is 0 Å². The van der Waals surface area contributed by atoms with Crippen molar-refractivity contribution in [1.82, 2.24) is 0 Å². The van der Waals surface area contributed by atoms with E-state index in [1.807, 2.05) is 18.2 Å². The SMILES string of the molecule is OC[C@H]1O[C@H](SCC2=CC=CC2)[C@@H](O)[C@@H](O)[C@@H]1O. The van der Waals surface area contributed by atoms with E-state index in [0.29, 0.717) is 5.75 Å². The molecule has 18 heavy (non-hydrogen) atoms. The Kier molecular flexibility index (Phi) is 4.83. The van der Waals surface area contributed by atoms with Crippen molar-refractivity contribution in [3.05, 3.63) is 23.8 Å². The van der Waals surface area contributed by atoms with E-state index in [-0.39, 0.29) is 6.61 Å². The molecule has 0 bridgehead atoms. The highest BCUT2D eigenvalue weighted by atomic mass is 32.2. The summed E-state index contributed by atoms with van der Waals surface area (Å²) in [5.74, 6) is 0.690. The molecule has 2 aliphatic rings. The fraction of sp³-hybridized carbons (Fsp3) is 0.667. The molecule has 102 valence electrons. The van der Waals surface area contributed by atoms with Crippen LogP contribution in [0.3, 0.4) is 0 Å². The summed E-state index contributed by atoms with van der Waals surface area (Å²) < 4.78 is 5.40. The third-order valence-corrected chi connectivity index (χ3v) is 4.39. The van der Waals surface area contributed by atoms with Gasteiger partial charge in [-0.25, -0.2) is 0 Å². The Bertz CT molecular complexity index is 341. The minimum absolute atomic E-state index is 0.383. The second-order valence-corrected chi connectivity index (χ2v) is 5.55. The lowest BCUT2D eigenvalue weighted by Gasteiger charge is -2.39. The molecule has 0 amide bonds. The van der Waals surface area contributed by atoms with Crippen LogP contribution in [-0.4, -0.2) is 62.6 Å². The minimum Gasteiger partial charge on any atom is -0.394 e. The Morgan fingerprint density at radius 2 is 2.00 bits per heavy atom. The number of ether oxygens (including phenoxy) is 1.